The summed E-state index contributed by atoms with van der Waals surface area (Å²) in [4.78, 5) is 11.3. The number of benzene rings is 1. The molecule has 3 unspecified atom stereocenters. The maximum absolute atomic E-state index is 11.3. The molecule has 1 aromatic carbocycles. The molecule has 84 valence electrons. The zero-order chi connectivity index (χ0) is 11.7. The van der Waals surface area contributed by atoms with E-state index >= 15 is 0 Å². The van der Waals surface area contributed by atoms with E-state index in [9.17, 15) is 4.79 Å². The van der Waals surface area contributed by atoms with Crippen molar-refractivity contribution < 1.29 is 4.79 Å². The fourth-order valence-corrected chi connectivity index (χ4v) is 2.48. The Hall–Kier alpha value is -0.940. The molecule has 2 rings (SSSR count). The van der Waals surface area contributed by atoms with Crippen LogP contribution < -0.4 is 0 Å². The van der Waals surface area contributed by atoms with Crippen molar-refractivity contribution in [2.75, 3.05) is 0 Å². The van der Waals surface area contributed by atoms with Gasteiger partial charge in [-0.1, -0.05) is 37.3 Å². The molecule has 1 aliphatic rings. The van der Waals surface area contributed by atoms with Crippen molar-refractivity contribution in [3.8, 4) is 0 Å². The molecular formula is C14H17OP. The molecule has 0 fully saturated rings. The van der Waals surface area contributed by atoms with E-state index in [1.54, 1.807) is 6.92 Å². The van der Waals surface area contributed by atoms with E-state index in [4.69, 9.17) is 0 Å². The summed E-state index contributed by atoms with van der Waals surface area (Å²) in [6, 6.07) is 8.48. The molecule has 1 aromatic rings. The van der Waals surface area contributed by atoms with Crippen LogP contribution in [0.25, 0.3) is 5.57 Å². The van der Waals surface area contributed by atoms with Crippen LogP contribution in [-0.4, -0.2) is 11.4 Å². The smallest absolute Gasteiger partial charge is 0.136 e. The standard InChI is InChI=1S/C14H17OP/c1-9-7-11(8-14(16)10(2)15)13-6-4-3-5-12(9)13/h3-7,9,14H,8,16H2,1-2H3. The van der Waals surface area contributed by atoms with Crippen LogP contribution in [-0.2, 0) is 4.79 Å². The van der Waals surface area contributed by atoms with Crippen LogP contribution in [0.1, 0.15) is 37.3 Å². The number of allylic oxidation sites excluding steroid dienone is 2. The van der Waals surface area contributed by atoms with Crippen molar-refractivity contribution in [1.82, 2.24) is 0 Å². The van der Waals surface area contributed by atoms with Gasteiger partial charge in [-0.15, -0.1) is 9.24 Å². The van der Waals surface area contributed by atoms with Crippen molar-refractivity contribution in [3.63, 3.8) is 0 Å². The molecule has 0 spiro atoms. The third-order valence-corrected chi connectivity index (χ3v) is 3.92. The van der Waals surface area contributed by atoms with E-state index < -0.39 is 0 Å². The van der Waals surface area contributed by atoms with Crippen LogP contribution in [0.15, 0.2) is 30.3 Å². The van der Waals surface area contributed by atoms with Crippen LogP contribution in [0, 0.1) is 0 Å². The third-order valence-electron chi connectivity index (χ3n) is 3.21. The number of hydrogen-bond acceptors (Lipinski definition) is 1. The molecule has 0 bridgehead atoms. The van der Waals surface area contributed by atoms with E-state index in [2.05, 4.69) is 46.5 Å². The second-order valence-corrected chi connectivity index (χ2v) is 5.29. The van der Waals surface area contributed by atoms with Crippen molar-refractivity contribution in [2.24, 2.45) is 0 Å². The van der Waals surface area contributed by atoms with Gasteiger partial charge in [0.05, 0.1) is 0 Å². The SMILES string of the molecule is CC(=O)C(P)CC1=CC(C)c2ccccc21. The van der Waals surface area contributed by atoms with Gasteiger partial charge in [-0.25, -0.2) is 0 Å². The van der Waals surface area contributed by atoms with Gasteiger partial charge in [0.1, 0.15) is 5.78 Å². The summed E-state index contributed by atoms with van der Waals surface area (Å²) >= 11 is 0. The molecule has 1 aliphatic carbocycles. The Balaban J connectivity index is 2.25. The Labute approximate surface area is 99.1 Å². The van der Waals surface area contributed by atoms with E-state index in [1.807, 2.05) is 0 Å². The average molecular weight is 232 g/mol. The largest absolute Gasteiger partial charge is 0.299 e. The van der Waals surface area contributed by atoms with Crippen molar-refractivity contribution in [1.29, 1.82) is 0 Å². The van der Waals surface area contributed by atoms with E-state index in [0.29, 0.717) is 5.92 Å². The van der Waals surface area contributed by atoms with Gasteiger partial charge >= 0.3 is 0 Å². The number of carbonyl (C=O) groups excluding carboxylic acids is 1. The van der Waals surface area contributed by atoms with Gasteiger partial charge in [0.25, 0.3) is 0 Å². The molecule has 0 aliphatic heterocycles. The predicted molar refractivity (Wildman–Crippen MR) is 71.6 cm³/mol. The lowest BCUT2D eigenvalue weighted by Crippen LogP contribution is -2.09. The van der Waals surface area contributed by atoms with Gasteiger partial charge < -0.3 is 0 Å². The van der Waals surface area contributed by atoms with Gasteiger partial charge in [-0.2, -0.15) is 0 Å². The van der Waals surface area contributed by atoms with Crippen molar-refractivity contribution in [3.05, 3.63) is 41.5 Å². The molecule has 16 heavy (non-hydrogen) atoms. The molecule has 0 amide bonds. The second kappa shape index (κ2) is 4.51. The monoisotopic (exact) mass is 232 g/mol. The lowest BCUT2D eigenvalue weighted by atomic mass is 9.99. The maximum Gasteiger partial charge on any atom is 0.136 e. The third kappa shape index (κ3) is 2.10. The maximum atomic E-state index is 11.3. The Kier molecular flexibility index (Phi) is 3.25. The minimum atomic E-state index is 0.0459. The van der Waals surface area contributed by atoms with Crippen molar-refractivity contribution >= 4 is 20.6 Å². The van der Waals surface area contributed by atoms with E-state index in [-0.39, 0.29) is 11.4 Å². The normalized spacial score (nSPS) is 20.2. The minimum Gasteiger partial charge on any atom is -0.299 e. The molecule has 0 aromatic heterocycles. The quantitative estimate of drug-likeness (QED) is 0.730. The highest BCUT2D eigenvalue weighted by Gasteiger charge is 2.21. The molecule has 2 heteroatoms. The number of ketones is 1. The minimum absolute atomic E-state index is 0.0459. The highest BCUT2D eigenvalue weighted by atomic mass is 31.0. The second-order valence-electron chi connectivity index (χ2n) is 4.49. The molecule has 0 N–H and O–H groups in total. The summed E-state index contributed by atoms with van der Waals surface area (Å²) in [5.41, 5.74) is 4.07. The summed E-state index contributed by atoms with van der Waals surface area (Å²) in [5.74, 6) is 0.721. The van der Waals surface area contributed by atoms with E-state index in [0.717, 1.165) is 6.42 Å². The summed E-state index contributed by atoms with van der Waals surface area (Å²) in [6.07, 6.45) is 3.12. The molecular weight excluding hydrogens is 215 g/mol. The van der Waals surface area contributed by atoms with Crippen molar-refractivity contribution in [2.45, 2.75) is 31.8 Å². The van der Waals surface area contributed by atoms with Crippen LogP contribution in [0.2, 0.25) is 0 Å². The first-order valence-electron chi connectivity index (χ1n) is 5.65. The number of hydrogen-bond donors (Lipinski definition) is 0. The summed E-state index contributed by atoms with van der Waals surface area (Å²) in [5, 5.41) is 0. The van der Waals surface area contributed by atoms with Crippen LogP contribution in [0.4, 0.5) is 0 Å². The van der Waals surface area contributed by atoms with Gasteiger partial charge in [-0.3, -0.25) is 4.79 Å². The molecule has 3 atom stereocenters. The van der Waals surface area contributed by atoms with Crippen LogP contribution in [0.5, 0.6) is 0 Å². The average Bonchev–Trinajstić information content (AvgIpc) is 2.57. The Morgan fingerprint density at radius 2 is 2.12 bits per heavy atom. The van der Waals surface area contributed by atoms with Gasteiger partial charge in [0.2, 0.25) is 0 Å². The zero-order valence-corrected chi connectivity index (χ0v) is 10.9. The lowest BCUT2D eigenvalue weighted by molar-refractivity contribution is -0.116. The van der Waals surface area contributed by atoms with Gasteiger partial charge in [0.15, 0.2) is 0 Å². The molecule has 0 saturated heterocycles. The molecule has 1 nitrogen and oxygen atoms in total. The Morgan fingerprint density at radius 3 is 2.81 bits per heavy atom. The summed E-state index contributed by atoms with van der Waals surface area (Å²) < 4.78 is 0. The fraction of sp³-hybridized carbons (Fsp3) is 0.357. The highest BCUT2D eigenvalue weighted by molar-refractivity contribution is 7.19. The van der Waals surface area contributed by atoms with Crippen LogP contribution in [0.3, 0.4) is 0 Å². The summed E-state index contributed by atoms with van der Waals surface area (Å²) in [6.45, 7) is 3.86. The predicted octanol–water partition coefficient (Wildman–Crippen LogP) is 3.41. The lowest BCUT2D eigenvalue weighted by Gasteiger charge is -2.10. The number of carbonyl (C=O) groups is 1. The van der Waals surface area contributed by atoms with E-state index in [1.165, 1.54) is 16.7 Å². The molecule has 0 saturated carbocycles. The fourth-order valence-electron chi connectivity index (χ4n) is 2.23. The number of rotatable bonds is 3. The first-order chi connectivity index (χ1) is 7.59. The van der Waals surface area contributed by atoms with Crippen LogP contribution >= 0.6 is 9.24 Å². The molecule has 0 heterocycles. The Bertz CT molecular complexity index is 448. The first-order valence-corrected chi connectivity index (χ1v) is 6.32. The van der Waals surface area contributed by atoms with Gasteiger partial charge in [-0.05, 0) is 30.0 Å². The Morgan fingerprint density at radius 1 is 1.44 bits per heavy atom. The summed E-state index contributed by atoms with van der Waals surface area (Å²) in [7, 11) is 2.64. The number of fused-ring (bicyclic) bond motifs is 1. The first kappa shape index (κ1) is 11.5. The zero-order valence-electron chi connectivity index (χ0n) is 9.73. The van der Waals surface area contributed by atoms with Gasteiger partial charge in [0, 0.05) is 11.6 Å². The number of Topliss-reactive ketones (excluding diaryl/α,β-unsaturated/α-hetero) is 1. The topological polar surface area (TPSA) is 17.1 Å². The highest BCUT2D eigenvalue weighted by Crippen LogP contribution is 2.38. The molecule has 0 radical (unpaired) electrons.